The lowest BCUT2D eigenvalue weighted by Crippen LogP contribution is -2.23. The molecule has 0 radical (unpaired) electrons. The predicted molar refractivity (Wildman–Crippen MR) is 104 cm³/mol. The van der Waals surface area contributed by atoms with Crippen molar-refractivity contribution in [3.8, 4) is 0 Å². The van der Waals surface area contributed by atoms with Gasteiger partial charge in [-0.05, 0) is 30.3 Å². The number of nitrogens with zero attached hydrogens (tertiary/aromatic N) is 2. The minimum absolute atomic E-state index is 0.133. The third-order valence-corrected chi connectivity index (χ3v) is 5.31. The third-order valence-electron chi connectivity index (χ3n) is 4.27. The summed E-state index contributed by atoms with van der Waals surface area (Å²) in [6, 6.07) is 10.6. The number of aromatic nitrogens is 1. The Bertz CT molecular complexity index is 1400. The number of methoxy groups -OCH3 is 1. The minimum atomic E-state index is -0.824. The van der Waals surface area contributed by atoms with E-state index < -0.39 is 23.1 Å². The van der Waals surface area contributed by atoms with Crippen molar-refractivity contribution in [3.63, 3.8) is 0 Å². The van der Waals surface area contributed by atoms with E-state index in [1.54, 1.807) is 24.3 Å². The Morgan fingerprint density at radius 2 is 2.03 bits per heavy atom. The van der Waals surface area contributed by atoms with Crippen molar-refractivity contribution in [1.82, 2.24) is 4.57 Å². The summed E-state index contributed by atoms with van der Waals surface area (Å²) in [7, 11) is 1.24. The summed E-state index contributed by atoms with van der Waals surface area (Å²) in [5.41, 5.74) is 0.121. The topological polar surface area (TPSA) is 90.9 Å². The van der Waals surface area contributed by atoms with Crippen LogP contribution < -0.4 is 10.2 Å². The molecular formula is C20H13FN2O5S. The van der Waals surface area contributed by atoms with Crippen molar-refractivity contribution in [3.05, 3.63) is 75.1 Å². The molecule has 0 spiro atoms. The van der Waals surface area contributed by atoms with Gasteiger partial charge < -0.3 is 13.7 Å². The quantitative estimate of drug-likeness (QED) is 0.483. The number of carbonyl (C=O) groups is 2. The van der Waals surface area contributed by atoms with E-state index in [1.165, 1.54) is 29.9 Å². The van der Waals surface area contributed by atoms with E-state index in [-0.39, 0.29) is 22.3 Å². The summed E-state index contributed by atoms with van der Waals surface area (Å²) in [5, 5.41) is 0.259. The summed E-state index contributed by atoms with van der Waals surface area (Å²) in [6.07, 6.45) is 1.06. The monoisotopic (exact) mass is 412 g/mol. The Morgan fingerprint density at radius 3 is 2.83 bits per heavy atom. The number of rotatable bonds is 3. The Balaban J connectivity index is 1.88. The number of carbonyl (C=O) groups excluding carboxylic acids is 2. The standard InChI is InChI=1S/C20H13FN2O5S/c1-27-17(24)9-23-14-7-6-11(21)8-16(14)29-20(23)22-19(26)13-10-28-15-5-3-2-4-12(15)18(13)25/h2-8,10H,9H2,1H3. The van der Waals surface area contributed by atoms with Gasteiger partial charge in [-0.25, -0.2) is 4.39 Å². The van der Waals surface area contributed by atoms with Crippen molar-refractivity contribution in [2.24, 2.45) is 4.99 Å². The first kappa shape index (κ1) is 18.8. The Hall–Kier alpha value is -3.59. The molecule has 4 rings (SSSR count). The number of benzene rings is 2. The van der Waals surface area contributed by atoms with Crippen LogP contribution in [0.25, 0.3) is 21.2 Å². The number of ether oxygens (including phenoxy) is 1. The average Bonchev–Trinajstić information content (AvgIpc) is 3.04. The molecule has 0 atom stereocenters. The van der Waals surface area contributed by atoms with E-state index in [4.69, 9.17) is 4.42 Å². The van der Waals surface area contributed by atoms with Crippen molar-refractivity contribution in [2.45, 2.75) is 6.54 Å². The highest BCUT2D eigenvalue weighted by Gasteiger charge is 2.16. The van der Waals surface area contributed by atoms with Gasteiger partial charge in [-0.15, -0.1) is 0 Å². The third kappa shape index (κ3) is 3.47. The van der Waals surface area contributed by atoms with Crippen LogP contribution in [-0.4, -0.2) is 23.6 Å². The second-order valence-electron chi connectivity index (χ2n) is 6.05. The highest BCUT2D eigenvalue weighted by atomic mass is 32.1. The molecule has 0 N–H and O–H groups in total. The zero-order valence-corrected chi connectivity index (χ0v) is 15.9. The summed E-state index contributed by atoms with van der Waals surface area (Å²) >= 11 is 1.02. The number of amides is 1. The summed E-state index contributed by atoms with van der Waals surface area (Å²) in [5.74, 6) is -1.85. The van der Waals surface area contributed by atoms with Crippen LogP contribution in [0.3, 0.4) is 0 Å². The Labute approximate surface area is 166 Å². The maximum atomic E-state index is 13.6. The van der Waals surface area contributed by atoms with Crippen molar-refractivity contribution >= 4 is 44.4 Å². The fraction of sp³-hybridized carbons (Fsp3) is 0.100. The minimum Gasteiger partial charge on any atom is -0.468 e. The summed E-state index contributed by atoms with van der Waals surface area (Å²) < 4.78 is 25.6. The number of hydrogen-bond donors (Lipinski definition) is 0. The van der Waals surface area contributed by atoms with Crippen molar-refractivity contribution < 1.29 is 23.1 Å². The van der Waals surface area contributed by atoms with Gasteiger partial charge in [0.2, 0.25) is 5.43 Å². The van der Waals surface area contributed by atoms with Gasteiger partial charge in [-0.3, -0.25) is 14.4 Å². The molecule has 2 aromatic carbocycles. The van der Waals surface area contributed by atoms with Gasteiger partial charge in [0, 0.05) is 0 Å². The van der Waals surface area contributed by atoms with Crippen LogP contribution in [0.5, 0.6) is 0 Å². The molecular weight excluding hydrogens is 399 g/mol. The van der Waals surface area contributed by atoms with Crippen molar-refractivity contribution in [2.75, 3.05) is 7.11 Å². The van der Waals surface area contributed by atoms with Gasteiger partial charge in [0.05, 0.1) is 22.7 Å². The zero-order valence-electron chi connectivity index (χ0n) is 15.0. The molecule has 4 aromatic rings. The number of hydrogen-bond acceptors (Lipinski definition) is 6. The lowest BCUT2D eigenvalue weighted by Gasteiger charge is -2.03. The highest BCUT2D eigenvalue weighted by molar-refractivity contribution is 7.16. The first-order valence-electron chi connectivity index (χ1n) is 8.43. The van der Waals surface area contributed by atoms with Crippen LogP contribution in [0, 0.1) is 5.82 Å². The van der Waals surface area contributed by atoms with E-state index >= 15 is 0 Å². The molecule has 0 aliphatic heterocycles. The van der Waals surface area contributed by atoms with Crippen molar-refractivity contribution in [1.29, 1.82) is 0 Å². The van der Waals surface area contributed by atoms with Gasteiger partial charge in [-0.2, -0.15) is 4.99 Å². The normalized spacial score (nSPS) is 11.9. The van der Waals surface area contributed by atoms with Crippen LogP contribution in [-0.2, 0) is 16.1 Å². The van der Waals surface area contributed by atoms with E-state index in [2.05, 4.69) is 9.73 Å². The van der Waals surface area contributed by atoms with E-state index in [0.717, 1.165) is 17.6 Å². The first-order chi connectivity index (χ1) is 14.0. The molecule has 2 heterocycles. The predicted octanol–water partition coefficient (Wildman–Crippen LogP) is 2.86. The molecule has 29 heavy (non-hydrogen) atoms. The van der Waals surface area contributed by atoms with E-state index in [9.17, 15) is 18.8 Å². The van der Waals surface area contributed by atoms with Crippen LogP contribution in [0.4, 0.5) is 4.39 Å². The number of thiazole rings is 1. The average molecular weight is 412 g/mol. The Kier molecular flexibility index (Phi) is 4.81. The maximum absolute atomic E-state index is 13.6. The van der Waals surface area contributed by atoms with Gasteiger partial charge in [0.25, 0.3) is 5.91 Å². The van der Waals surface area contributed by atoms with E-state index in [1.807, 2.05) is 0 Å². The zero-order chi connectivity index (χ0) is 20.5. The molecule has 2 aromatic heterocycles. The molecule has 0 aliphatic rings. The first-order valence-corrected chi connectivity index (χ1v) is 9.25. The second kappa shape index (κ2) is 7.44. The van der Waals surface area contributed by atoms with Gasteiger partial charge in [0.15, 0.2) is 4.80 Å². The molecule has 0 unspecified atom stereocenters. The van der Waals surface area contributed by atoms with Crippen LogP contribution >= 0.6 is 11.3 Å². The summed E-state index contributed by atoms with van der Waals surface area (Å²) in [6.45, 7) is -0.222. The van der Waals surface area contributed by atoms with Crippen LogP contribution in [0.2, 0.25) is 0 Å². The molecule has 0 saturated heterocycles. The van der Waals surface area contributed by atoms with Crippen LogP contribution in [0.1, 0.15) is 10.4 Å². The lowest BCUT2D eigenvalue weighted by atomic mass is 10.2. The van der Waals surface area contributed by atoms with Gasteiger partial charge in [-0.1, -0.05) is 23.5 Å². The Morgan fingerprint density at radius 1 is 1.24 bits per heavy atom. The largest absolute Gasteiger partial charge is 0.468 e. The molecule has 0 saturated carbocycles. The SMILES string of the molecule is COC(=O)Cn1c(=NC(=O)c2coc3ccccc3c2=O)sc2cc(F)ccc21. The summed E-state index contributed by atoms with van der Waals surface area (Å²) in [4.78, 5) is 41.3. The van der Waals surface area contributed by atoms with Gasteiger partial charge in [0.1, 0.15) is 29.8 Å². The lowest BCUT2D eigenvalue weighted by molar-refractivity contribution is -0.141. The molecule has 7 nitrogen and oxygen atoms in total. The second-order valence-corrected chi connectivity index (χ2v) is 7.06. The van der Waals surface area contributed by atoms with Gasteiger partial charge >= 0.3 is 5.97 Å². The number of esters is 1. The molecule has 0 bridgehead atoms. The molecule has 9 heteroatoms. The van der Waals surface area contributed by atoms with E-state index in [0.29, 0.717) is 15.8 Å². The number of para-hydroxylation sites is 1. The number of halogens is 1. The fourth-order valence-electron chi connectivity index (χ4n) is 2.85. The molecule has 146 valence electrons. The maximum Gasteiger partial charge on any atom is 0.325 e. The molecule has 1 amide bonds. The molecule has 0 aliphatic carbocycles. The fourth-order valence-corrected chi connectivity index (χ4v) is 3.90. The highest BCUT2D eigenvalue weighted by Crippen LogP contribution is 2.19. The molecule has 0 fully saturated rings. The van der Waals surface area contributed by atoms with Crippen LogP contribution in [0.15, 0.2) is 62.9 Å². The smallest absolute Gasteiger partial charge is 0.325 e. The number of fused-ring (bicyclic) bond motifs is 2.